The lowest BCUT2D eigenvalue weighted by Crippen LogP contribution is -2.21. The van der Waals surface area contributed by atoms with E-state index >= 15 is 0 Å². The molecule has 0 aliphatic heterocycles. The van der Waals surface area contributed by atoms with Crippen LogP contribution in [0.2, 0.25) is 0 Å². The Hall–Kier alpha value is -1.24. The third kappa shape index (κ3) is 3.02. The second-order valence-electron chi connectivity index (χ2n) is 4.49. The third-order valence-corrected chi connectivity index (χ3v) is 4.72. The zero-order valence-corrected chi connectivity index (χ0v) is 12.6. The van der Waals surface area contributed by atoms with Crippen LogP contribution in [0.5, 0.6) is 0 Å². The summed E-state index contributed by atoms with van der Waals surface area (Å²) in [5.41, 5.74) is 0.703. The summed E-state index contributed by atoms with van der Waals surface area (Å²) in [5, 5.41) is 13.4. The van der Waals surface area contributed by atoms with Gasteiger partial charge in [-0.2, -0.15) is 0 Å². The Morgan fingerprint density at radius 3 is 2.74 bits per heavy atom. The smallest absolute Gasteiger partial charge is 0.336 e. The van der Waals surface area contributed by atoms with Gasteiger partial charge in [0.15, 0.2) is 0 Å². The van der Waals surface area contributed by atoms with E-state index in [2.05, 4.69) is 4.98 Å². The molecule has 0 aromatic carbocycles. The predicted molar refractivity (Wildman–Crippen MR) is 77.0 cm³/mol. The Kier molecular flexibility index (Phi) is 4.03. The molecule has 2 heterocycles. The average molecular weight is 297 g/mol. The van der Waals surface area contributed by atoms with Crippen molar-refractivity contribution < 1.29 is 14.6 Å². The molecule has 0 spiro atoms. The molecule has 0 radical (unpaired) electrons. The normalized spacial score (nSPS) is 11.7. The number of hydrogen-bond donors (Lipinski definition) is 1. The van der Waals surface area contributed by atoms with Crippen molar-refractivity contribution in [3.05, 3.63) is 27.4 Å². The topological polar surface area (TPSA) is 59.4 Å². The molecular weight excluding hydrogens is 282 g/mol. The van der Waals surface area contributed by atoms with E-state index in [1.807, 2.05) is 26.2 Å². The zero-order valence-electron chi connectivity index (χ0n) is 11.0. The molecule has 2 aromatic rings. The number of aromatic carboxylic acids is 1. The molecule has 0 amide bonds. The SMILES string of the molecule is CCOC(C)(C)c1nc(-c2cc(C(=O)O)cs2)cs1. The van der Waals surface area contributed by atoms with Crippen molar-refractivity contribution in [2.24, 2.45) is 0 Å². The van der Waals surface area contributed by atoms with E-state index in [9.17, 15) is 4.79 Å². The fourth-order valence-corrected chi connectivity index (χ4v) is 3.48. The Balaban J connectivity index is 2.27. The van der Waals surface area contributed by atoms with Gasteiger partial charge in [-0.15, -0.1) is 22.7 Å². The third-order valence-electron chi connectivity index (χ3n) is 2.62. The fraction of sp³-hybridized carbons (Fsp3) is 0.385. The van der Waals surface area contributed by atoms with Crippen LogP contribution in [-0.4, -0.2) is 22.7 Å². The first kappa shape index (κ1) is 14.2. The van der Waals surface area contributed by atoms with Crippen LogP contribution in [-0.2, 0) is 10.3 Å². The van der Waals surface area contributed by atoms with E-state index in [1.54, 1.807) is 11.4 Å². The summed E-state index contributed by atoms with van der Waals surface area (Å²) in [4.78, 5) is 16.3. The Labute approximate surface area is 119 Å². The summed E-state index contributed by atoms with van der Waals surface area (Å²) in [6, 6.07) is 1.65. The highest BCUT2D eigenvalue weighted by atomic mass is 32.1. The van der Waals surface area contributed by atoms with Crippen molar-refractivity contribution in [2.45, 2.75) is 26.4 Å². The Bertz CT molecular complexity index is 586. The van der Waals surface area contributed by atoms with Gasteiger partial charge in [-0.1, -0.05) is 0 Å². The number of aromatic nitrogens is 1. The minimum absolute atomic E-state index is 0.304. The van der Waals surface area contributed by atoms with Crippen LogP contribution in [0.1, 0.15) is 36.1 Å². The lowest BCUT2D eigenvalue weighted by molar-refractivity contribution is -0.0141. The van der Waals surface area contributed by atoms with E-state index in [0.29, 0.717) is 12.2 Å². The maximum atomic E-state index is 10.9. The summed E-state index contributed by atoms with van der Waals surface area (Å²) in [6.45, 7) is 6.55. The van der Waals surface area contributed by atoms with Crippen molar-refractivity contribution in [1.82, 2.24) is 4.98 Å². The second kappa shape index (κ2) is 5.40. The summed E-state index contributed by atoms with van der Waals surface area (Å²) in [7, 11) is 0. The van der Waals surface area contributed by atoms with Gasteiger partial charge >= 0.3 is 5.97 Å². The molecule has 0 unspecified atom stereocenters. The highest BCUT2D eigenvalue weighted by Gasteiger charge is 2.25. The number of hydrogen-bond acceptors (Lipinski definition) is 5. The largest absolute Gasteiger partial charge is 0.478 e. The fourth-order valence-electron chi connectivity index (χ4n) is 1.67. The lowest BCUT2D eigenvalue weighted by Gasteiger charge is -2.21. The highest BCUT2D eigenvalue weighted by Crippen LogP contribution is 2.33. The number of ether oxygens (including phenoxy) is 1. The van der Waals surface area contributed by atoms with Gasteiger partial charge < -0.3 is 9.84 Å². The average Bonchev–Trinajstić information content (AvgIpc) is 2.98. The minimum Gasteiger partial charge on any atom is -0.478 e. The Morgan fingerprint density at radius 1 is 1.42 bits per heavy atom. The molecule has 0 bridgehead atoms. The van der Waals surface area contributed by atoms with Gasteiger partial charge in [-0.3, -0.25) is 0 Å². The highest BCUT2D eigenvalue weighted by molar-refractivity contribution is 7.14. The minimum atomic E-state index is -0.910. The molecule has 2 rings (SSSR count). The first-order valence-electron chi connectivity index (χ1n) is 5.86. The number of thiophene rings is 1. The number of carbonyl (C=O) groups is 1. The van der Waals surface area contributed by atoms with Gasteiger partial charge in [0.25, 0.3) is 0 Å². The predicted octanol–water partition coefficient (Wildman–Crippen LogP) is 3.84. The van der Waals surface area contributed by atoms with Gasteiger partial charge in [0.05, 0.1) is 16.1 Å². The molecular formula is C13H15NO3S2. The quantitative estimate of drug-likeness (QED) is 0.911. The molecule has 6 heteroatoms. The molecule has 4 nitrogen and oxygen atoms in total. The molecule has 102 valence electrons. The van der Waals surface area contributed by atoms with Crippen LogP contribution >= 0.6 is 22.7 Å². The van der Waals surface area contributed by atoms with Crippen molar-refractivity contribution >= 4 is 28.6 Å². The van der Waals surface area contributed by atoms with E-state index in [0.717, 1.165) is 15.6 Å². The van der Waals surface area contributed by atoms with E-state index in [-0.39, 0.29) is 0 Å². The molecule has 19 heavy (non-hydrogen) atoms. The summed E-state index contributed by atoms with van der Waals surface area (Å²) in [6.07, 6.45) is 0. The molecule has 2 aromatic heterocycles. The van der Waals surface area contributed by atoms with Gasteiger partial charge in [-0.25, -0.2) is 9.78 Å². The molecule has 0 saturated heterocycles. The number of rotatable bonds is 5. The molecule has 0 saturated carbocycles. The lowest BCUT2D eigenvalue weighted by atomic mass is 10.1. The molecule has 0 aliphatic rings. The van der Waals surface area contributed by atoms with E-state index in [4.69, 9.17) is 9.84 Å². The number of carboxylic acids is 1. The van der Waals surface area contributed by atoms with Crippen molar-refractivity contribution in [3.8, 4) is 10.6 Å². The maximum absolute atomic E-state index is 10.9. The summed E-state index contributed by atoms with van der Waals surface area (Å²) >= 11 is 2.92. The van der Waals surface area contributed by atoms with Crippen LogP contribution in [0.25, 0.3) is 10.6 Å². The van der Waals surface area contributed by atoms with Crippen molar-refractivity contribution in [1.29, 1.82) is 0 Å². The van der Waals surface area contributed by atoms with Gasteiger partial charge in [0.2, 0.25) is 0 Å². The van der Waals surface area contributed by atoms with Crippen LogP contribution < -0.4 is 0 Å². The molecule has 0 aliphatic carbocycles. The van der Waals surface area contributed by atoms with E-state index < -0.39 is 11.6 Å². The van der Waals surface area contributed by atoms with Gasteiger partial charge in [0.1, 0.15) is 10.6 Å². The monoisotopic (exact) mass is 297 g/mol. The van der Waals surface area contributed by atoms with Crippen LogP contribution in [0.15, 0.2) is 16.8 Å². The van der Waals surface area contributed by atoms with Crippen LogP contribution in [0, 0.1) is 0 Å². The standard InChI is InChI=1S/C13H15NO3S2/c1-4-17-13(2,3)12-14-9(7-19-12)10-5-8(6-18-10)11(15)16/h5-7H,4H2,1-3H3,(H,15,16). The van der Waals surface area contributed by atoms with Gasteiger partial charge in [0, 0.05) is 17.4 Å². The zero-order chi connectivity index (χ0) is 14.0. The first-order chi connectivity index (χ1) is 8.94. The maximum Gasteiger partial charge on any atom is 0.336 e. The molecule has 0 fully saturated rings. The summed E-state index contributed by atoms with van der Waals surface area (Å²) < 4.78 is 5.67. The number of thiazole rings is 1. The molecule has 0 atom stereocenters. The molecule has 1 N–H and O–H groups in total. The van der Waals surface area contributed by atoms with Crippen molar-refractivity contribution in [2.75, 3.05) is 6.61 Å². The van der Waals surface area contributed by atoms with Gasteiger partial charge in [-0.05, 0) is 26.8 Å². The second-order valence-corrected chi connectivity index (χ2v) is 6.26. The number of nitrogens with zero attached hydrogens (tertiary/aromatic N) is 1. The first-order valence-corrected chi connectivity index (χ1v) is 7.62. The van der Waals surface area contributed by atoms with Crippen LogP contribution in [0.4, 0.5) is 0 Å². The number of carboxylic acid groups (broad SMARTS) is 1. The van der Waals surface area contributed by atoms with Crippen molar-refractivity contribution in [3.63, 3.8) is 0 Å². The van der Waals surface area contributed by atoms with E-state index in [1.165, 1.54) is 22.7 Å². The summed E-state index contributed by atoms with van der Waals surface area (Å²) in [5.74, 6) is -0.910. The van der Waals surface area contributed by atoms with Crippen LogP contribution in [0.3, 0.4) is 0 Å². The Morgan fingerprint density at radius 2 is 2.16 bits per heavy atom.